The van der Waals surface area contributed by atoms with Crippen molar-refractivity contribution < 1.29 is 4.74 Å². The van der Waals surface area contributed by atoms with Gasteiger partial charge in [0, 0.05) is 7.11 Å². The molecule has 0 radical (unpaired) electrons. The fraction of sp³-hybridized carbons (Fsp3) is 0.750. The highest BCUT2D eigenvalue weighted by atomic mass is 16.5. The molecule has 3 atom stereocenters. The minimum Gasteiger partial charge on any atom is -0.381 e. The van der Waals surface area contributed by atoms with Gasteiger partial charge in [-0.25, -0.2) is 0 Å². The first-order chi connectivity index (χ1) is 8.24. The van der Waals surface area contributed by atoms with Gasteiger partial charge in [-0.2, -0.15) is 0 Å². The highest BCUT2D eigenvalue weighted by Gasteiger charge is 2.44. The molecule has 0 unspecified atom stereocenters. The minimum atomic E-state index is 0.458. The SMILES string of the molecule is CO[C@@H]1CC[C@@]2(C)C(=CC=C3CCCC[C@@H]32)C1. The van der Waals surface area contributed by atoms with Crippen molar-refractivity contribution in [2.75, 3.05) is 7.11 Å². The van der Waals surface area contributed by atoms with Crippen LogP contribution in [0.25, 0.3) is 0 Å². The lowest BCUT2D eigenvalue weighted by Crippen LogP contribution is -2.40. The van der Waals surface area contributed by atoms with E-state index in [1.807, 2.05) is 7.11 Å². The molecule has 0 amide bonds. The molecule has 2 saturated carbocycles. The van der Waals surface area contributed by atoms with E-state index in [2.05, 4.69) is 19.1 Å². The van der Waals surface area contributed by atoms with Crippen LogP contribution >= 0.6 is 0 Å². The van der Waals surface area contributed by atoms with Gasteiger partial charge in [0.1, 0.15) is 0 Å². The summed E-state index contributed by atoms with van der Waals surface area (Å²) in [5.41, 5.74) is 3.85. The van der Waals surface area contributed by atoms with E-state index in [0.29, 0.717) is 11.5 Å². The monoisotopic (exact) mass is 232 g/mol. The lowest BCUT2D eigenvalue weighted by Gasteiger charge is -2.49. The Morgan fingerprint density at radius 3 is 2.94 bits per heavy atom. The lowest BCUT2D eigenvalue weighted by atomic mass is 9.56. The van der Waals surface area contributed by atoms with Crippen LogP contribution < -0.4 is 0 Å². The average Bonchev–Trinajstić information content (AvgIpc) is 2.38. The number of methoxy groups -OCH3 is 1. The zero-order valence-electron chi connectivity index (χ0n) is 11.2. The van der Waals surface area contributed by atoms with Crippen LogP contribution in [0.15, 0.2) is 23.3 Å². The van der Waals surface area contributed by atoms with E-state index >= 15 is 0 Å². The van der Waals surface area contributed by atoms with Crippen molar-refractivity contribution in [3.63, 3.8) is 0 Å². The van der Waals surface area contributed by atoms with E-state index in [0.717, 1.165) is 12.3 Å². The zero-order valence-corrected chi connectivity index (χ0v) is 11.2. The van der Waals surface area contributed by atoms with Crippen molar-refractivity contribution in [3.05, 3.63) is 23.3 Å². The van der Waals surface area contributed by atoms with Gasteiger partial charge in [0.2, 0.25) is 0 Å². The summed E-state index contributed by atoms with van der Waals surface area (Å²) >= 11 is 0. The summed E-state index contributed by atoms with van der Waals surface area (Å²) in [5.74, 6) is 0.842. The van der Waals surface area contributed by atoms with Gasteiger partial charge >= 0.3 is 0 Å². The van der Waals surface area contributed by atoms with Crippen molar-refractivity contribution in [1.82, 2.24) is 0 Å². The molecule has 3 rings (SSSR count). The van der Waals surface area contributed by atoms with E-state index in [1.54, 1.807) is 11.1 Å². The Morgan fingerprint density at radius 1 is 1.24 bits per heavy atom. The molecule has 0 aliphatic heterocycles. The maximum Gasteiger partial charge on any atom is 0.0609 e. The maximum absolute atomic E-state index is 5.56. The third kappa shape index (κ3) is 1.79. The summed E-state index contributed by atoms with van der Waals surface area (Å²) < 4.78 is 5.56. The van der Waals surface area contributed by atoms with Gasteiger partial charge in [-0.05, 0) is 49.9 Å². The quantitative estimate of drug-likeness (QED) is 0.657. The highest BCUT2D eigenvalue weighted by Crippen LogP contribution is 2.55. The van der Waals surface area contributed by atoms with Gasteiger partial charge in [-0.15, -0.1) is 0 Å². The second-order valence-electron chi connectivity index (χ2n) is 6.25. The van der Waals surface area contributed by atoms with Crippen LogP contribution in [0.2, 0.25) is 0 Å². The smallest absolute Gasteiger partial charge is 0.0609 e. The molecule has 94 valence electrons. The molecule has 3 aliphatic rings. The molecule has 0 N–H and O–H groups in total. The second kappa shape index (κ2) is 4.28. The summed E-state index contributed by atoms with van der Waals surface area (Å²) in [7, 11) is 1.86. The molecule has 2 fully saturated rings. The molecule has 0 saturated heterocycles. The second-order valence-corrected chi connectivity index (χ2v) is 6.25. The molecule has 0 bridgehead atoms. The summed E-state index contributed by atoms with van der Waals surface area (Å²) in [5, 5.41) is 0. The molecule has 3 aliphatic carbocycles. The highest BCUT2D eigenvalue weighted by molar-refractivity contribution is 5.35. The van der Waals surface area contributed by atoms with E-state index < -0.39 is 0 Å². The molecule has 0 heterocycles. The number of rotatable bonds is 1. The van der Waals surface area contributed by atoms with E-state index in [9.17, 15) is 0 Å². The molecular weight excluding hydrogens is 208 g/mol. The van der Waals surface area contributed by atoms with Gasteiger partial charge in [0.05, 0.1) is 6.10 Å². The third-order valence-corrected chi connectivity index (χ3v) is 5.42. The molecule has 0 aromatic carbocycles. The van der Waals surface area contributed by atoms with Crippen LogP contribution in [0.4, 0.5) is 0 Å². The van der Waals surface area contributed by atoms with Crippen LogP contribution in [-0.2, 0) is 4.74 Å². The van der Waals surface area contributed by atoms with E-state index in [1.165, 1.54) is 38.5 Å². The maximum atomic E-state index is 5.56. The first-order valence-electron chi connectivity index (χ1n) is 7.17. The molecule has 1 heteroatoms. The standard InChI is InChI=1S/C16H24O/c1-16-10-9-14(17-2)11-13(16)8-7-12-5-3-4-6-15(12)16/h7-8,14-15H,3-6,9-11H2,1-2H3/t14-,15+,16+/m1/s1. The number of hydrogen-bond acceptors (Lipinski definition) is 1. The Hall–Kier alpha value is -0.560. The molecule has 1 nitrogen and oxygen atoms in total. The summed E-state index contributed by atoms with van der Waals surface area (Å²) in [6.45, 7) is 2.51. The molecule has 0 spiro atoms. The molecular formula is C16H24O. The average molecular weight is 232 g/mol. The van der Waals surface area contributed by atoms with Crippen molar-refractivity contribution in [3.8, 4) is 0 Å². The fourth-order valence-electron chi connectivity index (χ4n) is 4.23. The van der Waals surface area contributed by atoms with Crippen LogP contribution in [-0.4, -0.2) is 13.2 Å². The number of ether oxygens (including phenoxy) is 1. The normalized spacial score (nSPS) is 41.1. The number of allylic oxidation sites excluding steroid dienone is 3. The fourth-order valence-corrected chi connectivity index (χ4v) is 4.23. The Balaban J connectivity index is 1.91. The topological polar surface area (TPSA) is 9.23 Å². The van der Waals surface area contributed by atoms with Crippen molar-refractivity contribution >= 4 is 0 Å². The van der Waals surface area contributed by atoms with Gasteiger partial charge in [-0.1, -0.05) is 36.6 Å². The Labute approximate surface area is 105 Å². The van der Waals surface area contributed by atoms with E-state index in [4.69, 9.17) is 4.74 Å². The van der Waals surface area contributed by atoms with Crippen LogP contribution in [0, 0.1) is 11.3 Å². The van der Waals surface area contributed by atoms with Gasteiger partial charge < -0.3 is 4.74 Å². The Morgan fingerprint density at radius 2 is 2.12 bits per heavy atom. The van der Waals surface area contributed by atoms with Gasteiger partial charge in [0.25, 0.3) is 0 Å². The zero-order chi connectivity index (χ0) is 11.9. The van der Waals surface area contributed by atoms with Crippen LogP contribution in [0.3, 0.4) is 0 Å². The molecule has 0 aromatic heterocycles. The Bertz CT molecular complexity index is 366. The first-order valence-corrected chi connectivity index (χ1v) is 7.17. The predicted octanol–water partition coefficient (Wildman–Crippen LogP) is 4.25. The number of fused-ring (bicyclic) bond motifs is 3. The summed E-state index contributed by atoms with van der Waals surface area (Å²) in [4.78, 5) is 0. The largest absolute Gasteiger partial charge is 0.381 e. The van der Waals surface area contributed by atoms with Gasteiger partial charge in [-0.3, -0.25) is 0 Å². The van der Waals surface area contributed by atoms with Crippen molar-refractivity contribution in [2.45, 2.75) is 58.0 Å². The van der Waals surface area contributed by atoms with Crippen molar-refractivity contribution in [1.29, 1.82) is 0 Å². The van der Waals surface area contributed by atoms with Crippen LogP contribution in [0.5, 0.6) is 0 Å². The van der Waals surface area contributed by atoms with E-state index in [-0.39, 0.29) is 0 Å². The first kappa shape index (κ1) is 11.5. The van der Waals surface area contributed by atoms with Crippen LogP contribution in [0.1, 0.15) is 51.9 Å². The summed E-state index contributed by atoms with van der Waals surface area (Å²) in [6.07, 6.45) is 14.6. The summed E-state index contributed by atoms with van der Waals surface area (Å²) in [6, 6.07) is 0. The molecule has 0 aromatic rings. The number of hydrogen-bond donors (Lipinski definition) is 0. The predicted molar refractivity (Wildman–Crippen MR) is 70.9 cm³/mol. The van der Waals surface area contributed by atoms with Gasteiger partial charge in [0.15, 0.2) is 0 Å². The third-order valence-electron chi connectivity index (χ3n) is 5.42. The minimum absolute atomic E-state index is 0.458. The lowest BCUT2D eigenvalue weighted by molar-refractivity contribution is 0.0452. The molecule has 17 heavy (non-hydrogen) atoms. The Kier molecular flexibility index (Phi) is 2.90. The van der Waals surface area contributed by atoms with Crippen molar-refractivity contribution in [2.24, 2.45) is 11.3 Å².